The van der Waals surface area contributed by atoms with Crippen molar-refractivity contribution in [3.63, 3.8) is 0 Å². The lowest BCUT2D eigenvalue weighted by Gasteiger charge is -2.22. The molecule has 2 fully saturated rings. The molecule has 0 unspecified atom stereocenters. The summed E-state index contributed by atoms with van der Waals surface area (Å²) in [6.07, 6.45) is 13.9. The van der Waals surface area contributed by atoms with E-state index < -0.39 is 0 Å². The topological polar surface area (TPSA) is 24.1 Å². The summed E-state index contributed by atoms with van der Waals surface area (Å²) < 4.78 is 0. The summed E-state index contributed by atoms with van der Waals surface area (Å²) in [6, 6.07) is 35.6. The lowest BCUT2D eigenvalue weighted by Crippen LogP contribution is -2.04. The Hall–Kier alpha value is -3.52. The van der Waals surface area contributed by atoms with Crippen molar-refractivity contribution in [2.45, 2.75) is 116 Å². The SMILES string of the molecule is CC(C)c1ccc(Nc2ccc(C3CCCCC3)cc2)cc1.CC(C)c1ccc(Nc2ccc(C3CCCCC3)cc2)cc1. The third-order valence-corrected chi connectivity index (χ3v) is 9.71. The van der Waals surface area contributed by atoms with Crippen molar-refractivity contribution in [2.24, 2.45) is 0 Å². The first-order valence-electron chi connectivity index (χ1n) is 17.4. The van der Waals surface area contributed by atoms with Gasteiger partial charge in [0.05, 0.1) is 0 Å². The Morgan fingerprint density at radius 3 is 0.932 bits per heavy atom. The van der Waals surface area contributed by atoms with E-state index >= 15 is 0 Å². The Kier molecular flexibility index (Phi) is 11.6. The van der Waals surface area contributed by atoms with E-state index in [0.717, 1.165) is 23.2 Å². The van der Waals surface area contributed by atoms with Crippen LogP contribution in [0.1, 0.15) is 138 Å². The zero-order valence-electron chi connectivity index (χ0n) is 27.6. The molecule has 4 aromatic carbocycles. The van der Waals surface area contributed by atoms with Crippen molar-refractivity contribution in [3.8, 4) is 0 Å². The Labute approximate surface area is 267 Å². The highest BCUT2D eigenvalue weighted by Crippen LogP contribution is 2.34. The van der Waals surface area contributed by atoms with E-state index in [0.29, 0.717) is 11.8 Å². The second-order valence-electron chi connectivity index (χ2n) is 13.7. The van der Waals surface area contributed by atoms with Crippen LogP contribution >= 0.6 is 0 Å². The zero-order valence-corrected chi connectivity index (χ0v) is 27.6. The van der Waals surface area contributed by atoms with E-state index in [-0.39, 0.29) is 0 Å². The number of anilines is 4. The average Bonchev–Trinajstić information content (AvgIpc) is 3.07. The second-order valence-corrected chi connectivity index (χ2v) is 13.7. The fourth-order valence-corrected chi connectivity index (χ4v) is 6.79. The zero-order chi connectivity index (χ0) is 30.7. The summed E-state index contributed by atoms with van der Waals surface area (Å²) in [5.41, 5.74) is 10.5. The second kappa shape index (κ2) is 16.0. The molecule has 0 radical (unpaired) electrons. The Morgan fingerprint density at radius 1 is 0.386 bits per heavy atom. The van der Waals surface area contributed by atoms with E-state index in [1.54, 1.807) is 0 Å². The lowest BCUT2D eigenvalue weighted by molar-refractivity contribution is 0.443. The van der Waals surface area contributed by atoms with Crippen LogP contribution in [0.15, 0.2) is 97.1 Å². The summed E-state index contributed by atoms with van der Waals surface area (Å²) in [5, 5.41) is 7.00. The fourth-order valence-electron chi connectivity index (χ4n) is 6.79. The van der Waals surface area contributed by atoms with E-state index in [1.165, 1.54) is 97.8 Å². The highest BCUT2D eigenvalue weighted by atomic mass is 14.9. The van der Waals surface area contributed by atoms with Crippen molar-refractivity contribution in [1.29, 1.82) is 0 Å². The summed E-state index contributed by atoms with van der Waals surface area (Å²) in [7, 11) is 0. The predicted octanol–water partition coefficient (Wildman–Crippen LogP) is 13.2. The summed E-state index contributed by atoms with van der Waals surface area (Å²) in [5.74, 6) is 2.74. The van der Waals surface area contributed by atoms with Gasteiger partial charge in [0.25, 0.3) is 0 Å². The minimum atomic E-state index is 0.587. The quantitative estimate of drug-likeness (QED) is 0.215. The molecular formula is C42H54N2. The van der Waals surface area contributed by atoms with Crippen LogP contribution in [-0.4, -0.2) is 0 Å². The molecule has 44 heavy (non-hydrogen) atoms. The molecule has 2 nitrogen and oxygen atoms in total. The summed E-state index contributed by atoms with van der Waals surface area (Å²) in [6.45, 7) is 8.91. The summed E-state index contributed by atoms with van der Waals surface area (Å²) >= 11 is 0. The molecule has 0 spiro atoms. The molecule has 2 aliphatic rings. The van der Waals surface area contributed by atoms with E-state index in [9.17, 15) is 0 Å². The molecule has 0 saturated heterocycles. The van der Waals surface area contributed by atoms with Crippen LogP contribution in [-0.2, 0) is 0 Å². The maximum Gasteiger partial charge on any atom is 0.0384 e. The maximum absolute atomic E-state index is 3.50. The molecule has 2 aliphatic carbocycles. The van der Waals surface area contributed by atoms with Crippen LogP contribution in [0.4, 0.5) is 22.7 Å². The molecular weight excluding hydrogens is 532 g/mol. The number of hydrogen-bond acceptors (Lipinski definition) is 2. The molecule has 2 N–H and O–H groups in total. The third kappa shape index (κ3) is 9.24. The largest absolute Gasteiger partial charge is 0.356 e. The molecule has 0 aliphatic heterocycles. The van der Waals surface area contributed by atoms with E-state index in [4.69, 9.17) is 0 Å². The standard InChI is InChI=1S/2C21H27N/c2*1-16(2)17-8-12-20(13-9-17)22-21-14-10-19(11-15-21)18-6-4-3-5-7-18/h2*8-16,18,22H,3-7H2,1-2H3. The Morgan fingerprint density at radius 2 is 0.659 bits per heavy atom. The van der Waals surface area contributed by atoms with Gasteiger partial charge >= 0.3 is 0 Å². The van der Waals surface area contributed by atoms with Gasteiger partial charge in [-0.3, -0.25) is 0 Å². The van der Waals surface area contributed by atoms with Crippen LogP contribution in [0.25, 0.3) is 0 Å². The molecule has 6 rings (SSSR count). The van der Waals surface area contributed by atoms with Gasteiger partial charge in [0, 0.05) is 22.7 Å². The molecule has 2 heteroatoms. The van der Waals surface area contributed by atoms with Crippen molar-refractivity contribution in [3.05, 3.63) is 119 Å². The van der Waals surface area contributed by atoms with Crippen LogP contribution in [0.3, 0.4) is 0 Å². The molecule has 2 saturated carbocycles. The maximum atomic E-state index is 3.50. The molecule has 232 valence electrons. The first-order chi connectivity index (χ1) is 21.4. The Bertz CT molecular complexity index is 1260. The number of hydrogen-bond donors (Lipinski definition) is 2. The highest BCUT2D eigenvalue weighted by Gasteiger charge is 2.16. The normalized spacial score (nSPS) is 16.0. The molecule has 4 aromatic rings. The highest BCUT2D eigenvalue weighted by molar-refractivity contribution is 5.61. The van der Waals surface area contributed by atoms with Gasteiger partial charge in [-0.2, -0.15) is 0 Å². The van der Waals surface area contributed by atoms with Crippen molar-refractivity contribution in [2.75, 3.05) is 10.6 Å². The van der Waals surface area contributed by atoms with E-state index in [2.05, 4.69) is 135 Å². The number of rotatable bonds is 8. The third-order valence-electron chi connectivity index (χ3n) is 9.71. The van der Waals surface area contributed by atoms with Gasteiger partial charge in [0.15, 0.2) is 0 Å². The van der Waals surface area contributed by atoms with E-state index in [1.807, 2.05) is 0 Å². The molecule has 0 bridgehead atoms. The predicted molar refractivity (Wildman–Crippen MR) is 192 cm³/mol. The molecule has 0 amide bonds. The molecule has 0 aromatic heterocycles. The first-order valence-corrected chi connectivity index (χ1v) is 17.4. The van der Waals surface area contributed by atoms with Gasteiger partial charge in [0.2, 0.25) is 0 Å². The average molecular weight is 587 g/mol. The van der Waals surface area contributed by atoms with Crippen LogP contribution in [0.5, 0.6) is 0 Å². The molecule has 0 atom stereocenters. The van der Waals surface area contributed by atoms with Gasteiger partial charge in [0.1, 0.15) is 0 Å². The first kappa shape index (κ1) is 31.9. The van der Waals surface area contributed by atoms with Crippen LogP contribution < -0.4 is 10.6 Å². The van der Waals surface area contributed by atoms with Crippen molar-refractivity contribution >= 4 is 22.7 Å². The van der Waals surface area contributed by atoms with Crippen LogP contribution in [0.2, 0.25) is 0 Å². The van der Waals surface area contributed by atoms with Gasteiger partial charge in [-0.15, -0.1) is 0 Å². The number of nitrogens with one attached hydrogen (secondary N) is 2. The van der Waals surface area contributed by atoms with Crippen molar-refractivity contribution in [1.82, 2.24) is 0 Å². The summed E-state index contributed by atoms with van der Waals surface area (Å²) in [4.78, 5) is 0. The smallest absolute Gasteiger partial charge is 0.0384 e. The lowest BCUT2D eigenvalue weighted by atomic mass is 9.84. The minimum Gasteiger partial charge on any atom is -0.356 e. The van der Waals surface area contributed by atoms with Gasteiger partial charge in [-0.1, -0.05) is 115 Å². The Balaban J connectivity index is 0.000000175. The number of benzene rings is 4. The van der Waals surface area contributed by atoms with Crippen molar-refractivity contribution < 1.29 is 0 Å². The fraction of sp³-hybridized carbons (Fsp3) is 0.429. The van der Waals surface area contributed by atoms with Gasteiger partial charge in [-0.05, 0) is 120 Å². The van der Waals surface area contributed by atoms with Gasteiger partial charge < -0.3 is 10.6 Å². The minimum absolute atomic E-state index is 0.587. The molecule has 0 heterocycles. The van der Waals surface area contributed by atoms with Gasteiger partial charge in [-0.25, -0.2) is 0 Å². The monoisotopic (exact) mass is 586 g/mol. The van der Waals surface area contributed by atoms with Crippen LogP contribution in [0, 0.1) is 0 Å².